The standard InChI is InChI=1S/C20H24N2O3S/c1-21(16-18-6-3-2-4-7-18)26(24,25)19-11-9-17(10-12-19)13-15-22-14-5-8-20(22)23/h2-4,6-7,9-12H,5,8,13-16H2,1H3. The van der Waals surface area contributed by atoms with Gasteiger partial charge in [-0.05, 0) is 36.1 Å². The number of hydrogen-bond donors (Lipinski definition) is 0. The van der Waals surface area contributed by atoms with Crippen LogP contribution in [-0.2, 0) is 27.8 Å². The van der Waals surface area contributed by atoms with Crippen LogP contribution in [0, 0.1) is 0 Å². The van der Waals surface area contributed by atoms with Crippen LogP contribution >= 0.6 is 0 Å². The summed E-state index contributed by atoms with van der Waals surface area (Å²) < 4.78 is 26.8. The summed E-state index contributed by atoms with van der Waals surface area (Å²) in [6.07, 6.45) is 2.32. The highest BCUT2D eigenvalue weighted by molar-refractivity contribution is 7.89. The molecule has 2 aromatic carbocycles. The number of carbonyl (C=O) groups excluding carboxylic acids is 1. The molecule has 1 heterocycles. The van der Waals surface area contributed by atoms with Crippen LogP contribution in [0.15, 0.2) is 59.5 Å². The fourth-order valence-electron chi connectivity index (χ4n) is 3.14. The summed E-state index contributed by atoms with van der Waals surface area (Å²) in [5.74, 6) is 0.215. The maximum absolute atomic E-state index is 12.7. The van der Waals surface area contributed by atoms with E-state index in [0.29, 0.717) is 19.5 Å². The lowest BCUT2D eigenvalue weighted by atomic mass is 10.1. The van der Waals surface area contributed by atoms with Crippen LogP contribution in [0.1, 0.15) is 24.0 Å². The zero-order valence-corrected chi connectivity index (χ0v) is 15.8. The van der Waals surface area contributed by atoms with Crippen molar-refractivity contribution in [3.05, 3.63) is 65.7 Å². The van der Waals surface area contributed by atoms with Gasteiger partial charge < -0.3 is 4.90 Å². The van der Waals surface area contributed by atoms with Gasteiger partial charge in [-0.3, -0.25) is 4.79 Å². The molecule has 0 spiro atoms. The molecule has 0 radical (unpaired) electrons. The molecular formula is C20H24N2O3S. The van der Waals surface area contributed by atoms with Crippen molar-refractivity contribution in [2.24, 2.45) is 0 Å². The maximum Gasteiger partial charge on any atom is 0.243 e. The Morgan fingerprint density at radius 2 is 1.69 bits per heavy atom. The Morgan fingerprint density at radius 1 is 1.00 bits per heavy atom. The van der Waals surface area contributed by atoms with Gasteiger partial charge in [-0.2, -0.15) is 4.31 Å². The second-order valence-electron chi connectivity index (χ2n) is 6.62. The Kier molecular flexibility index (Phi) is 5.74. The molecule has 0 saturated carbocycles. The fraction of sp³-hybridized carbons (Fsp3) is 0.350. The van der Waals surface area contributed by atoms with Gasteiger partial charge in [0, 0.05) is 33.1 Å². The van der Waals surface area contributed by atoms with E-state index in [1.807, 2.05) is 47.4 Å². The second-order valence-corrected chi connectivity index (χ2v) is 8.67. The van der Waals surface area contributed by atoms with Crippen LogP contribution in [0.25, 0.3) is 0 Å². The molecule has 0 aromatic heterocycles. The predicted molar refractivity (Wildman–Crippen MR) is 101 cm³/mol. The molecule has 1 saturated heterocycles. The van der Waals surface area contributed by atoms with Gasteiger partial charge in [-0.25, -0.2) is 8.42 Å². The van der Waals surface area contributed by atoms with Crippen LogP contribution in [0.4, 0.5) is 0 Å². The minimum absolute atomic E-state index is 0.215. The predicted octanol–water partition coefficient (Wildman–Crippen LogP) is 2.67. The molecule has 0 aliphatic carbocycles. The fourth-order valence-corrected chi connectivity index (χ4v) is 4.30. The average molecular weight is 372 g/mol. The number of rotatable bonds is 7. The molecule has 0 N–H and O–H groups in total. The van der Waals surface area contributed by atoms with Crippen LogP contribution in [0.3, 0.4) is 0 Å². The van der Waals surface area contributed by atoms with Crippen molar-refractivity contribution in [1.29, 1.82) is 0 Å². The van der Waals surface area contributed by atoms with Gasteiger partial charge in [0.1, 0.15) is 0 Å². The summed E-state index contributed by atoms with van der Waals surface area (Å²) >= 11 is 0. The lowest BCUT2D eigenvalue weighted by Gasteiger charge is -2.18. The van der Waals surface area contributed by atoms with Crippen molar-refractivity contribution in [2.75, 3.05) is 20.1 Å². The SMILES string of the molecule is CN(Cc1ccccc1)S(=O)(=O)c1ccc(CCN2CCCC2=O)cc1. The molecule has 1 fully saturated rings. The first-order chi connectivity index (χ1) is 12.5. The molecule has 5 nitrogen and oxygen atoms in total. The van der Waals surface area contributed by atoms with Crippen molar-refractivity contribution in [3.8, 4) is 0 Å². The van der Waals surface area contributed by atoms with Crippen molar-refractivity contribution in [2.45, 2.75) is 30.7 Å². The Labute approximate surface area is 155 Å². The molecule has 2 aromatic rings. The monoisotopic (exact) mass is 372 g/mol. The van der Waals surface area contributed by atoms with Gasteiger partial charge in [-0.1, -0.05) is 42.5 Å². The number of likely N-dealkylation sites (tertiary alicyclic amines) is 1. The van der Waals surface area contributed by atoms with Gasteiger partial charge >= 0.3 is 0 Å². The third-order valence-electron chi connectivity index (χ3n) is 4.72. The third-order valence-corrected chi connectivity index (χ3v) is 6.54. The summed E-state index contributed by atoms with van der Waals surface area (Å²) in [6, 6.07) is 16.5. The van der Waals surface area contributed by atoms with E-state index in [9.17, 15) is 13.2 Å². The lowest BCUT2D eigenvalue weighted by Crippen LogP contribution is -2.27. The molecule has 1 amide bonds. The number of benzene rings is 2. The molecule has 138 valence electrons. The van der Waals surface area contributed by atoms with E-state index in [1.165, 1.54) is 4.31 Å². The van der Waals surface area contributed by atoms with Gasteiger partial charge in [0.15, 0.2) is 0 Å². The lowest BCUT2D eigenvalue weighted by molar-refractivity contribution is -0.127. The van der Waals surface area contributed by atoms with Crippen molar-refractivity contribution in [3.63, 3.8) is 0 Å². The highest BCUT2D eigenvalue weighted by Crippen LogP contribution is 2.18. The average Bonchev–Trinajstić information content (AvgIpc) is 3.06. The van der Waals surface area contributed by atoms with Crippen molar-refractivity contribution >= 4 is 15.9 Å². The number of hydrogen-bond acceptors (Lipinski definition) is 3. The van der Waals surface area contributed by atoms with E-state index in [4.69, 9.17) is 0 Å². The Bertz CT molecular complexity index is 848. The zero-order chi connectivity index (χ0) is 18.6. The molecule has 0 bridgehead atoms. The molecular weight excluding hydrogens is 348 g/mol. The smallest absolute Gasteiger partial charge is 0.243 e. The first-order valence-electron chi connectivity index (χ1n) is 8.84. The summed E-state index contributed by atoms with van der Waals surface area (Å²) in [4.78, 5) is 13.8. The second kappa shape index (κ2) is 8.01. The number of sulfonamides is 1. The summed E-state index contributed by atoms with van der Waals surface area (Å²) in [5, 5.41) is 0. The van der Waals surface area contributed by atoms with Crippen molar-refractivity contribution < 1.29 is 13.2 Å². The zero-order valence-electron chi connectivity index (χ0n) is 15.0. The topological polar surface area (TPSA) is 57.7 Å². The van der Waals surface area contributed by atoms with Crippen LogP contribution in [-0.4, -0.2) is 43.7 Å². The van der Waals surface area contributed by atoms with Crippen molar-refractivity contribution in [1.82, 2.24) is 9.21 Å². The van der Waals surface area contributed by atoms with Gasteiger partial charge in [0.25, 0.3) is 0 Å². The van der Waals surface area contributed by atoms with E-state index < -0.39 is 10.0 Å². The molecule has 6 heteroatoms. The maximum atomic E-state index is 12.7. The Morgan fingerprint density at radius 3 is 2.31 bits per heavy atom. The molecule has 1 aliphatic heterocycles. The van der Waals surface area contributed by atoms with Gasteiger partial charge in [-0.15, -0.1) is 0 Å². The first kappa shape index (κ1) is 18.6. The third kappa shape index (κ3) is 4.31. The summed E-state index contributed by atoms with van der Waals surface area (Å²) in [7, 11) is -1.93. The normalized spacial score (nSPS) is 15.0. The molecule has 3 rings (SSSR count). The largest absolute Gasteiger partial charge is 0.342 e. The van der Waals surface area contributed by atoms with Gasteiger partial charge in [0.05, 0.1) is 4.90 Å². The van der Waals surface area contributed by atoms with E-state index in [-0.39, 0.29) is 10.8 Å². The number of amides is 1. The molecule has 26 heavy (non-hydrogen) atoms. The number of carbonyl (C=O) groups is 1. The minimum atomic E-state index is -3.52. The first-order valence-corrected chi connectivity index (χ1v) is 10.3. The molecule has 0 atom stereocenters. The van der Waals surface area contributed by atoms with E-state index in [1.54, 1.807) is 19.2 Å². The van der Waals surface area contributed by atoms with Crippen LogP contribution in [0.2, 0.25) is 0 Å². The number of nitrogens with zero attached hydrogens (tertiary/aromatic N) is 2. The van der Waals surface area contributed by atoms with E-state index in [0.717, 1.165) is 30.5 Å². The molecule has 1 aliphatic rings. The van der Waals surface area contributed by atoms with Crippen LogP contribution < -0.4 is 0 Å². The highest BCUT2D eigenvalue weighted by Gasteiger charge is 2.21. The van der Waals surface area contributed by atoms with E-state index >= 15 is 0 Å². The Hall–Kier alpha value is -2.18. The Balaban J connectivity index is 1.63. The van der Waals surface area contributed by atoms with Crippen LogP contribution in [0.5, 0.6) is 0 Å². The highest BCUT2D eigenvalue weighted by atomic mass is 32.2. The summed E-state index contributed by atoms with van der Waals surface area (Å²) in [6.45, 7) is 1.86. The summed E-state index contributed by atoms with van der Waals surface area (Å²) in [5.41, 5.74) is 1.99. The quantitative estimate of drug-likeness (QED) is 0.751. The van der Waals surface area contributed by atoms with E-state index in [2.05, 4.69) is 0 Å². The van der Waals surface area contributed by atoms with Gasteiger partial charge in [0.2, 0.25) is 15.9 Å². The minimum Gasteiger partial charge on any atom is -0.342 e. The molecule has 0 unspecified atom stereocenters.